The summed E-state index contributed by atoms with van der Waals surface area (Å²) in [7, 11) is 0. The van der Waals surface area contributed by atoms with Gasteiger partial charge in [-0.05, 0) is 12.8 Å². The molecule has 2 aliphatic heterocycles. The van der Waals surface area contributed by atoms with Crippen LogP contribution in [0.15, 0.2) is 0 Å². The van der Waals surface area contributed by atoms with E-state index in [4.69, 9.17) is 14.2 Å². The molecule has 3 rings (SSSR count). The minimum atomic E-state index is -0.328. The van der Waals surface area contributed by atoms with Gasteiger partial charge in [0.1, 0.15) is 6.61 Å². The van der Waals surface area contributed by atoms with Crippen molar-refractivity contribution in [3.63, 3.8) is 0 Å². The molecule has 0 bridgehead atoms. The first kappa shape index (κ1) is 11.4. The normalized spacial score (nSPS) is 30.1. The fourth-order valence-electron chi connectivity index (χ4n) is 3.06. The zero-order chi connectivity index (χ0) is 11.7. The van der Waals surface area contributed by atoms with Gasteiger partial charge in [0.25, 0.3) is 0 Å². The van der Waals surface area contributed by atoms with E-state index >= 15 is 0 Å². The lowest BCUT2D eigenvalue weighted by Crippen LogP contribution is -2.51. The zero-order valence-electron chi connectivity index (χ0n) is 10.0. The third-order valence-electron chi connectivity index (χ3n) is 3.99. The number of ether oxygens (including phenoxy) is 3. The summed E-state index contributed by atoms with van der Waals surface area (Å²) in [6.45, 7) is 3.07. The molecule has 1 saturated carbocycles. The third kappa shape index (κ3) is 2.19. The van der Waals surface area contributed by atoms with Gasteiger partial charge in [0.2, 0.25) is 5.91 Å². The Kier molecular flexibility index (Phi) is 3.06. The number of hydrogen-bond donors (Lipinski definition) is 0. The van der Waals surface area contributed by atoms with Crippen LogP contribution in [-0.2, 0) is 19.0 Å². The first-order chi connectivity index (χ1) is 8.29. The van der Waals surface area contributed by atoms with Crippen LogP contribution in [0.4, 0.5) is 0 Å². The van der Waals surface area contributed by atoms with E-state index in [1.807, 2.05) is 4.90 Å². The van der Waals surface area contributed by atoms with Crippen molar-refractivity contribution in [1.29, 1.82) is 0 Å². The van der Waals surface area contributed by atoms with Gasteiger partial charge < -0.3 is 19.1 Å². The van der Waals surface area contributed by atoms with Gasteiger partial charge >= 0.3 is 0 Å². The fraction of sp³-hybridized carbons (Fsp3) is 0.917. The molecule has 0 aromatic rings. The topological polar surface area (TPSA) is 48.0 Å². The van der Waals surface area contributed by atoms with E-state index in [9.17, 15) is 4.79 Å². The molecule has 0 N–H and O–H groups in total. The van der Waals surface area contributed by atoms with Crippen molar-refractivity contribution in [2.45, 2.75) is 37.5 Å². The van der Waals surface area contributed by atoms with Crippen LogP contribution in [0.25, 0.3) is 0 Å². The third-order valence-corrected chi connectivity index (χ3v) is 3.99. The summed E-state index contributed by atoms with van der Waals surface area (Å²) in [5.74, 6) is -0.197. The van der Waals surface area contributed by atoms with Gasteiger partial charge in [-0.1, -0.05) is 0 Å². The summed E-state index contributed by atoms with van der Waals surface area (Å²) in [4.78, 5) is 13.7. The molecule has 2 saturated heterocycles. The molecule has 5 nitrogen and oxygen atoms in total. The maximum absolute atomic E-state index is 11.7. The van der Waals surface area contributed by atoms with Gasteiger partial charge in [-0.3, -0.25) is 4.79 Å². The van der Waals surface area contributed by atoms with Crippen molar-refractivity contribution in [1.82, 2.24) is 4.90 Å². The van der Waals surface area contributed by atoms with Crippen molar-refractivity contribution in [2.24, 2.45) is 0 Å². The van der Waals surface area contributed by atoms with E-state index in [1.54, 1.807) is 0 Å². The predicted molar refractivity (Wildman–Crippen MR) is 59.4 cm³/mol. The fourth-order valence-corrected chi connectivity index (χ4v) is 3.06. The summed E-state index contributed by atoms with van der Waals surface area (Å²) in [6.07, 6.45) is 3.77. The van der Waals surface area contributed by atoms with Crippen molar-refractivity contribution in [3.05, 3.63) is 0 Å². The molecule has 0 atom stereocenters. The number of amides is 1. The summed E-state index contributed by atoms with van der Waals surface area (Å²) < 4.78 is 16.5. The van der Waals surface area contributed by atoms with Gasteiger partial charge in [-0.25, -0.2) is 0 Å². The van der Waals surface area contributed by atoms with Crippen molar-refractivity contribution >= 4 is 5.91 Å². The van der Waals surface area contributed by atoms with Crippen LogP contribution in [-0.4, -0.2) is 55.6 Å². The Balaban J connectivity index is 1.58. The molecular weight excluding hydrogens is 222 g/mol. The minimum absolute atomic E-state index is 0.130. The van der Waals surface area contributed by atoms with Crippen molar-refractivity contribution in [2.75, 3.05) is 33.0 Å². The maximum atomic E-state index is 11.7. The van der Waals surface area contributed by atoms with E-state index in [2.05, 4.69) is 0 Å². The number of rotatable bonds is 1. The molecule has 0 aromatic carbocycles. The van der Waals surface area contributed by atoms with Gasteiger partial charge in [0.05, 0.1) is 19.8 Å². The van der Waals surface area contributed by atoms with Crippen LogP contribution in [0, 0.1) is 0 Å². The van der Waals surface area contributed by atoms with Crippen LogP contribution < -0.4 is 0 Å². The minimum Gasteiger partial charge on any atom is -0.370 e. The van der Waals surface area contributed by atoms with E-state index in [0.29, 0.717) is 25.9 Å². The standard InChI is InChI=1S/C12H19NO4/c14-11-9-15-6-5-13(11)10-1-3-12(4-2-10)16-7-8-17-12/h10H,1-9H2. The Bertz CT molecular complexity index is 291. The first-order valence-electron chi connectivity index (χ1n) is 6.44. The maximum Gasteiger partial charge on any atom is 0.248 e. The first-order valence-corrected chi connectivity index (χ1v) is 6.44. The number of morpholine rings is 1. The smallest absolute Gasteiger partial charge is 0.248 e. The van der Waals surface area contributed by atoms with E-state index in [-0.39, 0.29) is 18.3 Å². The highest BCUT2D eigenvalue weighted by Gasteiger charge is 2.42. The number of carbonyl (C=O) groups excluding carboxylic acids is 1. The number of nitrogens with zero attached hydrogens (tertiary/aromatic N) is 1. The molecule has 3 fully saturated rings. The molecule has 2 heterocycles. The summed E-state index contributed by atoms with van der Waals surface area (Å²) in [5, 5.41) is 0. The second-order valence-corrected chi connectivity index (χ2v) is 4.98. The second kappa shape index (κ2) is 4.55. The highest BCUT2D eigenvalue weighted by Crippen LogP contribution is 2.37. The molecule has 17 heavy (non-hydrogen) atoms. The SMILES string of the molecule is O=C1COCCN1C1CCC2(CC1)OCCO2. The summed E-state index contributed by atoms with van der Waals surface area (Å²) >= 11 is 0. The van der Waals surface area contributed by atoms with E-state index < -0.39 is 0 Å². The van der Waals surface area contributed by atoms with Gasteiger partial charge in [0, 0.05) is 25.4 Å². The van der Waals surface area contributed by atoms with Crippen molar-refractivity contribution < 1.29 is 19.0 Å². The Morgan fingerprint density at radius 1 is 1.12 bits per heavy atom. The molecule has 0 unspecified atom stereocenters. The lowest BCUT2D eigenvalue weighted by Gasteiger charge is -2.41. The molecule has 1 spiro atoms. The zero-order valence-corrected chi connectivity index (χ0v) is 10.0. The van der Waals surface area contributed by atoms with E-state index in [1.165, 1.54) is 0 Å². The van der Waals surface area contributed by atoms with Crippen LogP contribution >= 0.6 is 0 Å². The molecular formula is C12H19NO4. The molecule has 0 aromatic heterocycles. The summed E-state index contributed by atoms with van der Waals surface area (Å²) in [5.41, 5.74) is 0. The predicted octanol–water partition coefficient (Wildman–Crippen LogP) is 0.531. The highest BCUT2D eigenvalue weighted by molar-refractivity contribution is 5.78. The quantitative estimate of drug-likeness (QED) is 0.672. The molecule has 0 radical (unpaired) electrons. The average Bonchev–Trinajstić information content (AvgIpc) is 2.80. The lowest BCUT2D eigenvalue weighted by atomic mass is 9.89. The van der Waals surface area contributed by atoms with Crippen LogP contribution in [0.1, 0.15) is 25.7 Å². The second-order valence-electron chi connectivity index (χ2n) is 4.98. The van der Waals surface area contributed by atoms with Gasteiger partial charge in [0.15, 0.2) is 5.79 Å². The van der Waals surface area contributed by atoms with Crippen LogP contribution in [0.3, 0.4) is 0 Å². The van der Waals surface area contributed by atoms with Gasteiger partial charge in [-0.15, -0.1) is 0 Å². The number of hydrogen-bond acceptors (Lipinski definition) is 4. The Hall–Kier alpha value is -0.650. The molecule has 1 amide bonds. The molecule has 96 valence electrons. The monoisotopic (exact) mass is 241 g/mol. The van der Waals surface area contributed by atoms with Gasteiger partial charge in [-0.2, -0.15) is 0 Å². The number of carbonyl (C=O) groups is 1. The van der Waals surface area contributed by atoms with Crippen molar-refractivity contribution in [3.8, 4) is 0 Å². The average molecular weight is 241 g/mol. The summed E-state index contributed by atoms with van der Waals surface area (Å²) in [6, 6.07) is 0.352. The van der Waals surface area contributed by atoms with Crippen LogP contribution in [0.5, 0.6) is 0 Å². The molecule has 3 aliphatic rings. The molecule has 1 aliphatic carbocycles. The largest absolute Gasteiger partial charge is 0.370 e. The lowest BCUT2D eigenvalue weighted by molar-refractivity contribution is -0.187. The molecule has 5 heteroatoms. The Morgan fingerprint density at radius 3 is 2.47 bits per heavy atom. The Labute approximate surface area is 101 Å². The Morgan fingerprint density at radius 2 is 1.82 bits per heavy atom. The van der Waals surface area contributed by atoms with Crippen LogP contribution in [0.2, 0.25) is 0 Å². The highest BCUT2D eigenvalue weighted by atomic mass is 16.7. The van der Waals surface area contributed by atoms with E-state index in [0.717, 1.165) is 32.2 Å².